The first kappa shape index (κ1) is 10.5. The summed E-state index contributed by atoms with van der Waals surface area (Å²) in [6.45, 7) is 3.85. The molecule has 1 heteroatoms. The lowest BCUT2D eigenvalue weighted by Crippen LogP contribution is -1.94. The highest BCUT2D eigenvalue weighted by atomic mass is 16.1. The quantitative estimate of drug-likeness (QED) is 0.401. The van der Waals surface area contributed by atoms with Gasteiger partial charge in [-0.05, 0) is 25.5 Å². The molecule has 1 nitrogen and oxygen atoms in total. The Morgan fingerprint density at radius 1 is 1.21 bits per heavy atom. The molecule has 0 aliphatic heterocycles. The zero-order valence-corrected chi connectivity index (χ0v) is 8.53. The summed E-state index contributed by atoms with van der Waals surface area (Å²) in [5, 5.41) is 0. The Kier molecular flexibility index (Phi) is 3.86. The van der Waals surface area contributed by atoms with Crippen LogP contribution >= 0.6 is 0 Å². The van der Waals surface area contributed by atoms with E-state index in [2.05, 4.69) is 0 Å². The number of benzene rings is 1. The van der Waals surface area contributed by atoms with E-state index in [0.29, 0.717) is 0 Å². The average molecular weight is 186 g/mol. The van der Waals surface area contributed by atoms with Crippen LogP contribution in [0.2, 0.25) is 0 Å². The van der Waals surface area contributed by atoms with Crippen molar-refractivity contribution in [3.8, 4) is 0 Å². The molecule has 0 unspecified atom stereocenters. The second-order valence-corrected chi connectivity index (χ2v) is 3.12. The summed E-state index contributed by atoms with van der Waals surface area (Å²) < 4.78 is 0. The minimum Gasteiger partial charge on any atom is -0.289 e. The van der Waals surface area contributed by atoms with Crippen LogP contribution < -0.4 is 0 Å². The van der Waals surface area contributed by atoms with Gasteiger partial charge in [-0.25, -0.2) is 0 Å². The minimum absolute atomic E-state index is 0.0567. The van der Waals surface area contributed by atoms with Gasteiger partial charge in [-0.1, -0.05) is 42.5 Å². The molecule has 0 saturated carbocycles. The average Bonchev–Trinajstić information content (AvgIpc) is 2.19. The van der Waals surface area contributed by atoms with Crippen molar-refractivity contribution in [3.63, 3.8) is 0 Å². The third-order valence-electron chi connectivity index (χ3n) is 1.85. The molecule has 1 aromatic carbocycles. The molecule has 1 aromatic rings. The van der Waals surface area contributed by atoms with Crippen molar-refractivity contribution in [2.75, 3.05) is 0 Å². The van der Waals surface area contributed by atoms with Crippen LogP contribution in [-0.4, -0.2) is 5.78 Å². The first-order valence-corrected chi connectivity index (χ1v) is 4.64. The molecule has 0 saturated heterocycles. The highest BCUT2D eigenvalue weighted by Crippen LogP contribution is 2.04. The van der Waals surface area contributed by atoms with E-state index >= 15 is 0 Å². The zero-order valence-electron chi connectivity index (χ0n) is 8.53. The van der Waals surface area contributed by atoms with Gasteiger partial charge in [0, 0.05) is 5.56 Å². The summed E-state index contributed by atoms with van der Waals surface area (Å²) in [7, 11) is 0. The van der Waals surface area contributed by atoms with Crippen molar-refractivity contribution in [2.24, 2.45) is 0 Å². The molecule has 0 bridgehead atoms. The molecule has 0 spiro atoms. The maximum Gasteiger partial charge on any atom is 0.186 e. The molecule has 0 amide bonds. The van der Waals surface area contributed by atoms with Crippen molar-refractivity contribution in [1.82, 2.24) is 0 Å². The Bertz CT molecular complexity index is 358. The maximum atomic E-state index is 11.6. The zero-order chi connectivity index (χ0) is 10.4. The van der Waals surface area contributed by atoms with Crippen molar-refractivity contribution in [2.45, 2.75) is 13.8 Å². The summed E-state index contributed by atoms with van der Waals surface area (Å²) in [4.78, 5) is 11.6. The van der Waals surface area contributed by atoms with Crippen LogP contribution in [-0.2, 0) is 0 Å². The fraction of sp³-hybridized carbons (Fsp3) is 0.154. The topological polar surface area (TPSA) is 17.1 Å². The highest BCUT2D eigenvalue weighted by molar-refractivity contribution is 6.05. The lowest BCUT2D eigenvalue weighted by molar-refractivity contribution is 0.104. The van der Waals surface area contributed by atoms with Gasteiger partial charge in [0.05, 0.1) is 0 Å². The fourth-order valence-corrected chi connectivity index (χ4v) is 1.20. The Labute approximate surface area is 84.8 Å². The number of allylic oxidation sites excluding steroid dienone is 4. The smallest absolute Gasteiger partial charge is 0.186 e. The van der Waals surface area contributed by atoms with Crippen molar-refractivity contribution in [3.05, 3.63) is 59.7 Å². The van der Waals surface area contributed by atoms with Gasteiger partial charge in [0.15, 0.2) is 5.78 Å². The van der Waals surface area contributed by atoms with E-state index in [9.17, 15) is 4.79 Å². The minimum atomic E-state index is 0.0567. The monoisotopic (exact) mass is 186 g/mol. The standard InChI is InChI=1S/C13H14O/c1-3-7-11(2)10-13(14)12-8-5-4-6-9-12/h3-10H,1-2H3/b7-3+,11-10-. The summed E-state index contributed by atoms with van der Waals surface area (Å²) in [6, 6.07) is 9.28. The molecule has 0 N–H and O–H groups in total. The van der Waals surface area contributed by atoms with E-state index in [1.165, 1.54) is 0 Å². The second kappa shape index (κ2) is 5.18. The normalized spacial score (nSPS) is 12.0. The predicted molar refractivity (Wildman–Crippen MR) is 59.3 cm³/mol. The van der Waals surface area contributed by atoms with E-state index in [4.69, 9.17) is 0 Å². The SMILES string of the molecule is C/C=C/C(C)=C\C(=O)c1ccccc1. The molecule has 0 radical (unpaired) electrons. The van der Waals surface area contributed by atoms with Gasteiger partial charge in [0.2, 0.25) is 0 Å². The number of ketones is 1. The fourth-order valence-electron chi connectivity index (χ4n) is 1.20. The van der Waals surface area contributed by atoms with Crippen LogP contribution in [0.5, 0.6) is 0 Å². The van der Waals surface area contributed by atoms with Crippen LogP contribution in [0.15, 0.2) is 54.1 Å². The van der Waals surface area contributed by atoms with E-state index in [1.807, 2.05) is 56.3 Å². The number of rotatable bonds is 3. The number of carbonyl (C=O) groups is 1. The largest absolute Gasteiger partial charge is 0.289 e. The van der Waals surface area contributed by atoms with Gasteiger partial charge in [-0.15, -0.1) is 0 Å². The predicted octanol–water partition coefficient (Wildman–Crippen LogP) is 3.39. The number of carbonyl (C=O) groups excluding carboxylic acids is 1. The van der Waals surface area contributed by atoms with Crippen molar-refractivity contribution >= 4 is 5.78 Å². The van der Waals surface area contributed by atoms with Gasteiger partial charge in [-0.3, -0.25) is 4.79 Å². The van der Waals surface area contributed by atoms with Gasteiger partial charge < -0.3 is 0 Å². The molecular weight excluding hydrogens is 172 g/mol. The summed E-state index contributed by atoms with van der Waals surface area (Å²) in [5.41, 5.74) is 1.71. The van der Waals surface area contributed by atoms with E-state index in [-0.39, 0.29) is 5.78 Å². The van der Waals surface area contributed by atoms with Gasteiger partial charge in [0.1, 0.15) is 0 Å². The van der Waals surface area contributed by atoms with Crippen LogP contribution in [0.25, 0.3) is 0 Å². The summed E-state index contributed by atoms with van der Waals surface area (Å²) in [5.74, 6) is 0.0567. The van der Waals surface area contributed by atoms with Crippen LogP contribution in [0, 0.1) is 0 Å². The lowest BCUT2D eigenvalue weighted by atomic mass is 10.1. The summed E-state index contributed by atoms with van der Waals surface area (Å²) in [6.07, 6.45) is 5.49. The van der Waals surface area contributed by atoms with Gasteiger partial charge in [0.25, 0.3) is 0 Å². The Hall–Kier alpha value is -1.63. The van der Waals surface area contributed by atoms with Crippen molar-refractivity contribution in [1.29, 1.82) is 0 Å². The molecule has 14 heavy (non-hydrogen) atoms. The second-order valence-electron chi connectivity index (χ2n) is 3.12. The molecular formula is C13H14O. The third-order valence-corrected chi connectivity index (χ3v) is 1.85. The molecule has 0 aromatic heterocycles. The third kappa shape index (κ3) is 3.02. The number of hydrogen-bond donors (Lipinski definition) is 0. The Morgan fingerprint density at radius 3 is 2.43 bits per heavy atom. The van der Waals surface area contributed by atoms with Crippen LogP contribution in [0.4, 0.5) is 0 Å². The molecule has 0 fully saturated rings. The summed E-state index contributed by atoms with van der Waals surface area (Å²) >= 11 is 0. The molecule has 72 valence electrons. The molecule has 0 aliphatic rings. The molecule has 0 atom stereocenters. The lowest BCUT2D eigenvalue weighted by Gasteiger charge is -1.95. The van der Waals surface area contributed by atoms with Crippen molar-refractivity contribution < 1.29 is 4.79 Å². The Balaban J connectivity index is 2.83. The first-order chi connectivity index (χ1) is 6.74. The molecule has 1 rings (SSSR count). The molecule has 0 heterocycles. The van der Waals surface area contributed by atoms with E-state index in [1.54, 1.807) is 6.08 Å². The van der Waals surface area contributed by atoms with E-state index < -0.39 is 0 Å². The van der Waals surface area contributed by atoms with Crippen LogP contribution in [0.3, 0.4) is 0 Å². The first-order valence-electron chi connectivity index (χ1n) is 4.64. The van der Waals surface area contributed by atoms with Gasteiger partial charge in [-0.2, -0.15) is 0 Å². The Morgan fingerprint density at radius 2 is 1.86 bits per heavy atom. The van der Waals surface area contributed by atoms with E-state index in [0.717, 1.165) is 11.1 Å². The maximum absolute atomic E-state index is 11.6. The highest BCUT2D eigenvalue weighted by Gasteiger charge is 1.99. The number of hydrogen-bond acceptors (Lipinski definition) is 1. The molecule has 0 aliphatic carbocycles. The van der Waals surface area contributed by atoms with Crippen LogP contribution in [0.1, 0.15) is 24.2 Å². The van der Waals surface area contributed by atoms with Gasteiger partial charge >= 0.3 is 0 Å².